The van der Waals surface area contributed by atoms with Crippen LogP contribution in [0.15, 0.2) is 48.8 Å². The second kappa shape index (κ2) is 4.25. The maximum atomic E-state index is 4.49. The molecule has 3 aromatic rings. The number of para-hydroxylation sites is 2. The minimum Gasteiger partial charge on any atom is -0.378 e. The molecule has 2 aromatic heterocycles. The molecule has 84 valence electrons. The highest BCUT2D eigenvalue weighted by molar-refractivity contribution is 5.74. The van der Waals surface area contributed by atoms with E-state index in [9.17, 15) is 0 Å². The maximum Gasteiger partial charge on any atom is 0.126 e. The minimum atomic E-state index is 0.679. The van der Waals surface area contributed by atoms with Gasteiger partial charge in [0.2, 0.25) is 0 Å². The highest BCUT2D eigenvalue weighted by atomic mass is 15.0. The summed E-state index contributed by atoms with van der Waals surface area (Å²) in [5.41, 5.74) is 3.11. The molecule has 0 spiro atoms. The van der Waals surface area contributed by atoms with Gasteiger partial charge in [0, 0.05) is 18.1 Å². The summed E-state index contributed by atoms with van der Waals surface area (Å²) in [6.07, 6.45) is 3.53. The van der Waals surface area contributed by atoms with E-state index in [0.717, 1.165) is 22.5 Å². The van der Waals surface area contributed by atoms with Gasteiger partial charge >= 0.3 is 0 Å². The second-order valence-corrected chi connectivity index (χ2v) is 3.79. The van der Waals surface area contributed by atoms with E-state index in [0.29, 0.717) is 6.54 Å². The van der Waals surface area contributed by atoms with Gasteiger partial charge in [-0.15, -0.1) is 0 Å². The maximum absolute atomic E-state index is 4.49. The summed E-state index contributed by atoms with van der Waals surface area (Å²) in [4.78, 5) is 11.7. The predicted octanol–water partition coefficient (Wildman–Crippen LogP) is 2.57. The molecule has 0 saturated carbocycles. The Balaban J connectivity index is 1.77. The lowest BCUT2D eigenvalue weighted by Gasteiger charge is -2.02. The second-order valence-electron chi connectivity index (χ2n) is 3.79. The molecule has 2 N–H and O–H groups in total. The summed E-state index contributed by atoms with van der Waals surface area (Å²) < 4.78 is 0. The van der Waals surface area contributed by atoms with Crippen molar-refractivity contribution in [2.45, 2.75) is 6.54 Å². The normalized spacial score (nSPS) is 10.6. The zero-order valence-corrected chi connectivity index (χ0v) is 9.22. The van der Waals surface area contributed by atoms with Crippen molar-refractivity contribution in [3.05, 3.63) is 54.6 Å². The lowest BCUT2D eigenvalue weighted by molar-refractivity contribution is 1.01. The Hall–Kier alpha value is -2.36. The number of fused-ring (bicyclic) bond motifs is 1. The Kier molecular flexibility index (Phi) is 2.46. The average Bonchev–Trinajstić information content (AvgIpc) is 2.80. The van der Waals surface area contributed by atoms with E-state index in [1.54, 1.807) is 12.4 Å². The Morgan fingerprint density at radius 1 is 1.06 bits per heavy atom. The van der Waals surface area contributed by atoms with E-state index >= 15 is 0 Å². The number of benzene rings is 1. The number of aromatic amines is 1. The fourth-order valence-electron chi connectivity index (χ4n) is 1.74. The molecule has 0 aliphatic heterocycles. The van der Waals surface area contributed by atoms with Crippen molar-refractivity contribution in [2.24, 2.45) is 0 Å². The number of pyridine rings is 1. The van der Waals surface area contributed by atoms with Gasteiger partial charge in [-0.25, -0.2) is 4.98 Å². The zero-order valence-electron chi connectivity index (χ0n) is 9.22. The first-order chi connectivity index (χ1) is 8.42. The molecule has 0 atom stereocenters. The Morgan fingerprint density at radius 2 is 1.88 bits per heavy atom. The summed E-state index contributed by atoms with van der Waals surface area (Å²) in [5.74, 6) is 0.933. The standard InChI is InChI=1S/C13H12N4/c1-2-4-12-11(3-1)16-13(17-12)9-15-10-5-7-14-8-6-10/h1-8H,9H2,(H,14,15)(H,16,17). The highest BCUT2D eigenvalue weighted by Gasteiger charge is 2.00. The van der Waals surface area contributed by atoms with Gasteiger partial charge in [0.15, 0.2) is 0 Å². The summed E-state index contributed by atoms with van der Waals surface area (Å²) in [6, 6.07) is 11.9. The lowest BCUT2D eigenvalue weighted by Crippen LogP contribution is -2.00. The van der Waals surface area contributed by atoms with Crippen LogP contribution in [0.4, 0.5) is 5.69 Å². The molecule has 4 nitrogen and oxygen atoms in total. The number of anilines is 1. The third kappa shape index (κ3) is 2.10. The van der Waals surface area contributed by atoms with Gasteiger partial charge in [-0.2, -0.15) is 0 Å². The minimum absolute atomic E-state index is 0.679. The number of hydrogen-bond donors (Lipinski definition) is 2. The molecule has 3 rings (SSSR count). The van der Waals surface area contributed by atoms with Crippen LogP contribution in [0.25, 0.3) is 11.0 Å². The molecule has 0 aliphatic carbocycles. The molecule has 4 heteroatoms. The number of H-pyrrole nitrogens is 1. The van der Waals surface area contributed by atoms with Gasteiger partial charge in [-0.3, -0.25) is 4.98 Å². The molecular formula is C13H12N4. The molecule has 1 aromatic carbocycles. The molecule has 0 aliphatic rings. The molecule has 0 unspecified atom stereocenters. The molecule has 0 bridgehead atoms. The van der Waals surface area contributed by atoms with Crippen LogP contribution in [0, 0.1) is 0 Å². The van der Waals surface area contributed by atoms with Crippen molar-refractivity contribution in [3.8, 4) is 0 Å². The monoisotopic (exact) mass is 224 g/mol. The third-order valence-corrected chi connectivity index (χ3v) is 2.58. The number of hydrogen-bond acceptors (Lipinski definition) is 3. The summed E-state index contributed by atoms with van der Waals surface area (Å²) in [6.45, 7) is 0.679. The van der Waals surface area contributed by atoms with E-state index in [2.05, 4.69) is 20.3 Å². The van der Waals surface area contributed by atoms with Crippen LogP contribution in [0.3, 0.4) is 0 Å². The number of nitrogens with zero attached hydrogens (tertiary/aromatic N) is 2. The molecule has 0 saturated heterocycles. The Morgan fingerprint density at radius 3 is 2.71 bits per heavy atom. The van der Waals surface area contributed by atoms with Gasteiger partial charge in [0.05, 0.1) is 17.6 Å². The Bertz CT molecular complexity index is 582. The Labute approximate surface area is 98.7 Å². The van der Waals surface area contributed by atoms with E-state index in [1.807, 2.05) is 36.4 Å². The molecule has 17 heavy (non-hydrogen) atoms. The fourth-order valence-corrected chi connectivity index (χ4v) is 1.74. The van der Waals surface area contributed by atoms with Crippen LogP contribution in [0.5, 0.6) is 0 Å². The van der Waals surface area contributed by atoms with Crippen molar-refractivity contribution in [1.82, 2.24) is 15.0 Å². The van der Waals surface area contributed by atoms with Crippen LogP contribution in [0.2, 0.25) is 0 Å². The summed E-state index contributed by atoms with van der Waals surface area (Å²) in [5, 5.41) is 3.29. The quantitative estimate of drug-likeness (QED) is 0.719. The fraction of sp³-hybridized carbons (Fsp3) is 0.0769. The largest absolute Gasteiger partial charge is 0.378 e. The van der Waals surface area contributed by atoms with Crippen LogP contribution in [-0.4, -0.2) is 15.0 Å². The van der Waals surface area contributed by atoms with Crippen LogP contribution in [0.1, 0.15) is 5.82 Å². The van der Waals surface area contributed by atoms with Gasteiger partial charge in [0.25, 0.3) is 0 Å². The van der Waals surface area contributed by atoms with Crippen molar-refractivity contribution in [3.63, 3.8) is 0 Å². The van der Waals surface area contributed by atoms with Crippen LogP contribution < -0.4 is 5.32 Å². The zero-order chi connectivity index (χ0) is 11.5. The van der Waals surface area contributed by atoms with E-state index in [4.69, 9.17) is 0 Å². The molecule has 0 fully saturated rings. The van der Waals surface area contributed by atoms with Gasteiger partial charge in [-0.1, -0.05) is 12.1 Å². The van der Waals surface area contributed by atoms with Gasteiger partial charge in [-0.05, 0) is 24.3 Å². The molecular weight excluding hydrogens is 212 g/mol. The summed E-state index contributed by atoms with van der Waals surface area (Å²) in [7, 11) is 0. The SMILES string of the molecule is c1ccc2[nH]c(CNc3ccncc3)nc2c1. The first-order valence-electron chi connectivity index (χ1n) is 5.49. The summed E-state index contributed by atoms with van der Waals surface area (Å²) >= 11 is 0. The predicted molar refractivity (Wildman–Crippen MR) is 67.7 cm³/mol. The first kappa shape index (κ1) is 9.84. The van der Waals surface area contributed by atoms with Crippen molar-refractivity contribution < 1.29 is 0 Å². The van der Waals surface area contributed by atoms with E-state index < -0.39 is 0 Å². The average molecular weight is 224 g/mol. The molecule has 0 radical (unpaired) electrons. The van der Waals surface area contributed by atoms with Crippen molar-refractivity contribution >= 4 is 16.7 Å². The number of aromatic nitrogens is 3. The van der Waals surface area contributed by atoms with E-state index in [-0.39, 0.29) is 0 Å². The molecule has 0 amide bonds. The third-order valence-electron chi connectivity index (χ3n) is 2.58. The van der Waals surface area contributed by atoms with Crippen molar-refractivity contribution in [1.29, 1.82) is 0 Å². The van der Waals surface area contributed by atoms with Crippen molar-refractivity contribution in [2.75, 3.05) is 5.32 Å². The lowest BCUT2D eigenvalue weighted by atomic mass is 10.3. The van der Waals surface area contributed by atoms with E-state index in [1.165, 1.54) is 0 Å². The van der Waals surface area contributed by atoms with Crippen LogP contribution >= 0.6 is 0 Å². The smallest absolute Gasteiger partial charge is 0.126 e. The number of nitrogens with one attached hydrogen (secondary N) is 2. The number of imidazole rings is 1. The first-order valence-corrected chi connectivity index (χ1v) is 5.49. The highest BCUT2D eigenvalue weighted by Crippen LogP contribution is 2.11. The molecule has 2 heterocycles. The van der Waals surface area contributed by atoms with Crippen LogP contribution in [-0.2, 0) is 6.54 Å². The number of rotatable bonds is 3. The van der Waals surface area contributed by atoms with Gasteiger partial charge < -0.3 is 10.3 Å². The van der Waals surface area contributed by atoms with Gasteiger partial charge in [0.1, 0.15) is 5.82 Å². The topological polar surface area (TPSA) is 53.6 Å².